The van der Waals surface area contributed by atoms with Crippen LogP contribution in [0.25, 0.3) is 0 Å². The first-order valence-electron chi connectivity index (χ1n) is 7.41. The third kappa shape index (κ3) is 6.47. The van der Waals surface area contributed by atoms with Gasteiger partial charge in [0.15, 0.2) is 9.84 Å². The standard InChI is InChI=1S/C15H21ClN2O4S.ClH/c1-23(20,21)7-6-22-14-5-3-11(16)9-13(14)18-15(19)10-2-4-12(17)8-10;/h3,5,9-10,12H,2,4,6-8,17H2,1H3,(H,18,19);1H. The van der Waals surface area contributed by atoms with Crippen molar-refractivity contribution in [2.45, 2.75) is 25.3 Å². The zero-order chi connectivity index (χ0) is 17.0. The summed E-state index contributed by atoms with van der Waals surface area (Å²) in [6.45, 7) is 0.0115. The Hall–Kier alpha value is -1.02. The van der Waals surface area contributed by atoms with E-state index < -0.39 is 9.84 Å². The SMILES string of the molecule is CS(=O)(=O)CCOc1ccc(Cl)cc1NC(=O)C1CCC(N)C1.Cl. The van der Waals surface area contributed by atoms with Gasteiger partial charge >= 0.3 is 0 Å². The van der Waals surface area contributed by atoms with Gasteiger partial charge in [0, 0.05) is 23.2 Å². The van der Waals surface area contributed by atoms with E-state index in [1.807, 2.05) is 0 Å². The Morgan fingerprint density at radius 1 is 1.42 bits per heavy atom. The Bertz CT molecular complexity index is 682. The Morgan fingerprint density at radius 2 is 2.12 bits per heavy atom. The second kappa shape index (κ2) is 8.89. The summed E-state index contributed by atoms with van der Waals surface area (Å²) < 4.78 is 27.8. The summed E-state index contributed by atoms with van der Waals surface area (Å²) in [7, 11) is -3.11. The summed E-state index contributed by atoms with van der Waals surface area (Å²) in [5.74, 6) is 0.0650. The molecule has 0 aliphatic heterocycles. The maximum atomic E-state index is 12.3. The first-order chi connectivity index (χ1) is 10.7. The van der Waals surface area contributed by atoms with E-state index >= 15 is 0 Å². The summed E-state index contributed by atoms with van der Waals surface area (Å²) in [5.41, 5.74) is 6.28. The number of carbonyl (C=O) groups excluding carboxylic acids is 1. The number of hydrogen-bond acceptors (Lipinski definition) is 5. The van der Waals surface area contributed by atoms with Crippen LogP contribution in [0.2, 0.25) is 5.02 Å². The Kier molecular flexibility index (Phi) is 7.79. The molecule has 0 aromatic heterocycles. The number of carbonyl (C=O) groups is 1. The quantitative estimate of drug-likeness (QED) is 0.767. The monoisotopic (exact) mass is 396 g/mol. The van der Waals surface area contributed by atoms with Crippen LogP contribution in [0.4, 0.5) is 5.69 Å². The summed E-state index contributed by atoms with van der Waals surface area (Å²) >= 11 is 5.97. The number of sulfone groups is 1. The molecule has 1 aromatic rings. The van der Waals surface area contributed by atoms with Crippen molar-refractivity contribution in [2.75, 3.05) is 23.9 Å². The number of hydrogen-bond donors (Lipinski definition) is 2. The molecular formula is C15H22Cl2N2O4S. The number of nitrogens with two attached hydrogens (primary N) is 1. The molecule has 0 bridgehead atoms. The van der Waals surface area contributed by atoms with E-state index in [1.54, 1.807) is 18.2 Å². The third-order valence-electron chi connectivity index (χ3n) is 3.76. The van der Waals surface area contributed by atoms with Crippen LogP contribution in [0.15, 0.2) is 18.2 Å². The molecule has 1 aromatic carbocycles. The summed E-state index contributed by atoms with van der Waals surface area (Å²) in [4.78, 5) is 12.3. The highest BCUT2D eigenvalue weighted by Gasteiger charge is 2.28. The molecule has 2 atom stereocenters. The van der Waals surface area contributed by atoms with Gasteiger partial charge in [0.2, 0.25) is 5.91 Å². The highest BCUT2D eigenvalue weighted by molar-refractivity contribution is 7.90. The van der Waals surface area contributed by atoms with Crippen molar-refractivity contribution in [3.05, 3.63) is 23.2 Å². The maximum absolute atomic E-state index is 12.3. The van der Waals surface area contributed by atoms with Crippen LogP contribution in [0.1, 0.15) is 19.3 Å². The molecule has 2 unspecified atom stereocenters. The molecule has 0 heterocycles. The van der Waals surface area contributed by atoms with Gasteiger partial charge in [-0.2, -0.15) is 0 Å². The molecule has 1 amide bonds. The van der Waals surface area contributed by atoms with Crippen LogP contribution >= 0.6 is 24.0 Å². The van der Waals surface area contributed by atoms with E-state index in [1.165, 1.54) is 0 Å². The van der Waals surface area contributed by atoms with Gasteiger partial charge in [-0.05, 0) is 37.5 Å². The first-order valence-corrected chi connectivity index (χ1v) is 9.85. The van der Waals surface area contributed by atoms with Gasteiger partial charge in [0.05, 0.1) is 11.4 Å². The van der Waals surface area contributed by atoms with E-state index in [0.29, 0.717) is 22.9 Å². The molecule has 0 radical (unpaired) electrons. The van der Waals surface area contributed by atoms with E-state index in [0.717, 1.165) is 19.1 Å². The zero-order valence-electron chi connectivity index (χ0n) is 13.3. The van der Waals surface area contributed by atoms with Crippen molar-refractivity contribution in [1.82, 2.24) is 0 Å². The maximum Gasteiger partial charge on any atom is 0.227 e. The Balaban J connectivity index is 0.00000288. The Labute approximate surface area is 153 Å². The minimum absolute atomic E-state index is 0. The molecule has 136 valence electrons. The number of benzene rings is 1. The van der Waals surface area contributed by atoms with Crippen LogP contribution in [0.5, 0.6) is 5.75 Å². The summed E-state index contributed by atoms with van der Waals surface area (Å²) in [6, 6.07) is 4.89. The van der Waals surface area contributed by atoms with Crippen molar-refractivity contribution in [3.63, 3.8) is 0 Å². The lowest BCUT2D eigenvalue weighted by Gasteiger charge is -2.15. The molecular weight excluding hydrogens is 375 g/mol. The number of ether oxygens (including phenoxy) is 1. The van der Waals surface area contributed by atoms with Crippen LogP contribution in [0, 0.1) is 5.92 Å². The van der Waals surface area contributed by atoms with Crippen LogP contribution in [-0.4, -0.2) is 39.0 Å². The van der Waals surface area contributed by atoms with E-state index in [4.69, 9.17) is 22.1 Å². The van der Waals surface area contributed by atoms with E-state index in [2.05, 4.69) is 5.32 Å². The van der Waals surface area contributed by atoms with Crippen LogP contribution in [-0.2, 0) is 14.6 Å². The van der Waals surface area contributed by atoms with Crippen LogP contribution < -0.4 is 15.8 Å². The van der Waals surface area contributed by atoms with Crippen molar-refractivity contribution in [3.8, 4) is 5.75 Å². The normalized spacial score (nSPS) is 20.3. The van der Waals surface area contributed by atoms with Gasteiger partial charge in [-0.15, -0.1) is 12.4 Å². The molecule has 24 heavy (non-hydrogen) atoms. The minimum atomic E-state index is -3.11. The van der Waals surface area contributed by atoms with Crippen LogP contribution in [0.3, 0.4) is 0 Å². The fourth-order valence-electron chi connectivity index (χ4n) is 2.52. The number of nitrogens with one attached hydrogen (secondary N) is 1. The van der Waals surface area contributed by atoms with Gasteiger partial charge < -0.3 is 15.8 Å². The number of halogens is 2. The largest absolute Gasteiger partial charge is 0.490 e. The Morgan fingerprint density at radius 3 is 2.71 bits per heavy atom. The molecule has 1 fully saturated rings. The number of amides is 1. The van der Waals surface area contributed by atoms with Crippen molar-refractivity contribution in [2.24, 2.45) is 11.7 Å². The first kappa shape index (κ1) is 21.0. The molecule has 9 heteroatoms. The average Bonchev–Trinajstić information content (AvgIpc) is 2.87. The topological polar surface area (TPSA) is 98.5 Å². The zero-order valence-corrected chi connectivity index (χ0v) is 15.7. The molecule has 3 N–H and O–H groups in total. The summed E-state index contributed by atoms with van der Waals surface area (Å²) in [6.07, 6.45) is 3.41. The lowest BCUT2D eigenvalue weighted by atomic mass is 10.1. The van der Waals surface area contributed by atoms with Gasteiger partial charge in [0.25, 0.3) is 0 Å². The predicted octanol–water partition coefficient (Wildman–Crippen LogP) is 2.25. The fourth-order valence-corrected chi connectivity index (χ4v) is 3.08. The molecule has 2 rings (SSSR count). The van der Waals surface area contributed by atoms with Gasteiger partial charge in [0.1, 0.15) is 12.4 Å². The average molecular weight is 397 g/mol. The lowest BCUT2D eigenvalue weighted by Crippen LogP contribution is -2.23. The molecule has 0 spiro atoms. The van der Waals surface area contributed by atoms with Crippen molar-refractivity contribution in [1.29, 1.82) is 0 Å². The minimum Gasteiger partial charge on any atom is -0.490 e. The van der Waals surface area contributed by atoms with Gasteiger partial charge in [-0.1, -0.05) is 11.6 Å². The summed E-state index contributed by atoms with van der Waals surface area (Å²) in [5, 5.41) is 3.27. The predicted molar refractivity (Wildman–Crippen MR) is 97.9 cm³/mol. The highest BCUT2D eigenvalue weighted by Crippen LogP contribution is 2.31. The van der Waals surface area contributed by atoms with Gasteiger partial charge in [-0.3, -0.25) is 4.79 Å². The molecule has 6 nitrogen and oxygen atoms in total. The van der Waals surface area contributed by atoms with Crippen molar-refractivity contribution >= 4 is 45.4 Å². The molecule has 0 saturated heterocycles. The van der Waals surface area contributed by atoms with Crippen molar-refractivity contribution < 1.29 is 17.9 Å². The second-order valence-corrected chi connectivity index (χ2v) is 8.57. The van der Waals surface area contributed by atoms with E-state index in [9.17, 15) is 13.2 Å². The number of anilines is 1. The third-order valence-corrected chi connectivity index (χ3v) is 4.90. The van der Waals surface area contributed by atoms with E-state index in [-0.39, 0.29) is 42.6 Å². The second-order valence-electron chi connectivity index (χ2n) is 5.88. The molecule has 1 aliphatic carbocycles. The molecule has 1 saturated carbocycles. The lowest BCUT2D eigenvalue weighted by molar-refractivity contribution is -0.119. The highest BCUT2D eigenvalue weighted by atomic mass is 35.5. The number of rotatable bonds is 6. The molecule has 1 aliphatic rings. The van der Waals surface area contributed by atoms with Gasteiger partial charge in [-0.25, -0.2) is 8.42 Å². The fraction of sp³-hybridized carbons (Fsp3) is 0.533. The smallest absolute Gasteiger partial charge is 0.227 e.